The smallest absolute Gasteiger partial charge is 0.253 e. The molecule has 0 aliphatic carbocycles. The van der Waals surface area contributed by atoms with Crippen LogP contribution in [0.5, 0.6) is 5.75 Å². The van der Waals surface area contributed by atoms with Crippen molar-refractivity contribution in [2.45, 2.75) is 19.4 Å². The average Bonchev–Trinajstić information content (AvgIpc) is 3.22. The quantitative estimate of drug-likeness (QED) is 0.677. The molecule has 3 heterocycles. The highest BCUT2D eigenvalue weighted by Gasteiger charge is 2.25. The van der Waals surface area contributed by atoms with E-state index in [1.807, 2.05) is 41.3 Å². The summed E-state index contributed by atoms with van der Waals surface area (Å²) >= 11 is 0. The second-order valence-electron chi connectivity index (χ2n) is 6.89. The van der Waals surface area contributed by atoms with Crippen LogP contribution < -0.4 is 4.74 Å². The van der Waals surface area contributed by atoms with Gasteiger partial charge < -0.3 is 9.64 Å². The van der Waals surface area contributed by atoms with E-state index in [1.54, 1.807) is 24.3 Å². The normalized spacial score (nSPS) is 16.8. The van der Waals surface area contributed by atoms with Crippen LogP contribution in [0.15, 0.2) is 48.8 Å². The minimum atomic E-state index is 0.0522. The van der Waals surface area contributed by atoms with Crippen LogP contribution in [-0.2, 0) is 6.54 Å². The number of amides is 1. The summed E-state index contributed by atoms with van der Waals surface area (Å²) in [6.45, 7) is 2.11. The number of carbonyl (C=O) groups is 1. The summed E-state index contributed by atoms with van der Waals surface area (Å²) in [5.41, 5.74) is 1.57. The Kier molecular flexibility index (Phi) is 5.27. The first-order valence-corrected chi connectivity index (χ1v) is 9.34. The number of benzene rings is 1. The van der Waals surface area contributed by atoms with Gasteiger partial charge in [0.2, 0.25) is 5.82 Å². The van der Waals surface area contributed by atoms with E-state index in [0.717, 1.165) is 30.7 Å². The largest absolute Gasteiger partial charge is 0.497 e. The summed E-state index contributed by atoms with van der Waals surface area (Å²) in [4.78, 5) is 20.4. The van der Waals surface area contributed by atoms with Gasteiger partial charge in [-0.3, -0.25) is 9.78 Å². The van der Waals surface area contributed by atoms with Gasteiger partial charge in [0.25, 0.3) is 5.91 Å². The standard InChI is InChI=1S/C20H22N6O2/c1-28-18-6-4-17(5-7-18)20(27)25-12-2-3-15(13-25)14-26-23-19(22-24-26)16-8-10-21-11-9-16/h4-11,15H,2-3,12-14H2,1H3/t15-/m0/s1. The SMILES string of the molecule is COc1ccc(C(=O)N2CCC[C@H](Cn3nnc(-c4ccncc4)n3)C2)cc1. The number of aromatic nitrogens is 5. The first-order valence-electron chi connectivity index (χ1n) is 9.34. The molecule has 4 rings (SSSR count). The van der Waals surface area contributed by atoms with Crippen molar-refractivity contribution >= 4 is 5.91 Å². The number of hydrogen-bond donors (Lipinski definition) is 0. The molecular weight excluding hydrogens is 356 g/mol. The Morgan fingerprint density at radius 3 is 2.71 bits per heavy atom. The molecule has 0 unspecified atom stereocenters. The lowest BCUT2D eigenvalue weighted by molar-refractivity contribution is 0.0656. The molecule has 1 fully saturated rings. The molecule has 28 heavy (non-hydrogen) atoms. The molecule has 1 amide bonds. The summed E-state index contributed by atoms with van der Waals surface area (Å²) < 4.78 is 5.16. The lowest BCUT2D eigenvalue weighted by Crippen LogP contribution is -2.41. The van der Waals surface area contributed by atoms with Crippen LogP contribution >= 0.6 is 0 Å². The van der Waals surface area contributed by atoms with Gasteiger partial charge in [-0.25, -0.2) is 0 Å². The highest BCUT2D eigenvalue weighted by Crippen LogP contribution is 2.21. The molecule has 0 spiro atoms. The maximum Gasteiger partial charge on any atom is 0.253 e. The molecule has 1 aromatic carbocycles. The molecule has 0 N–H and O–H groups in total. The van der Waals surface area contributed by atoms with Crippen molar-refractivity contribution in [3.8, 4) is 17.1 Å². The lowest BCUT2D eigenvalue weighted by atomic mass is 9.97. The first kappa shape index (κ1) is 18.1. The maximum atomic E-state index is 12.8. The molecular formula is C20H22N6O2. The van der Waals surface area contributed by atoms with E-state index in [1.165, 1.54) is 0 Å². The fraction of sp³-hybridized carbons (Fsp3) is 0.350. The minimum Gasteiger partial charge on any atom is -0.497 e. The Morgan fingerprint density at radius 2 is 1.96 bits per heavy atom. The van der Waals surface area contributed by atoms with Gasteiger partial charge in [0.05, 0.1) is 13.7 Å². The summed E-state index contributed by atoms with van der Waals surface area (Å²) in [5.74, 6) is 1.69. The fourth-order valence-electron chi connectivity index (χ4n) is 3.48. The highest BCUT2D eigenvalue weighted by molar-refractivity contribution is 5.94. The second-order valence-corrected chi connectivity index (χ2v) is 6.89. The van der Waals surface area contributed by atoms with Gasteiger partial charge >= 0.3 is 0 Å². The number of methoxy groups -OCH3 is 1. The summed E-state index contributed by atoms with van der Waals surface area (Å²) in [6, 6.07) is 11.0. The molecule has 144 valence electrons. The third-order valence-electron chi connectivity index (χ3n) is 4.96. The molecule has 3 aromatic rings. The Balaban J connectivity index is 1.40. The molecule has 2 aromatic heterocycles. The van der Waals surface area contributed by atoms with Crippen LogP contribution in [0.25, 0.3) is 11.4 Å². The van der Waals surface area contributed by atoms with Crippen molar-refractivity contribution in [1.82, 2.24) is 30.1 Å². The van der Waals surface area contributed by atoms with Gasteiger partial charge in [0, 0.05) is 36.6 Å². The van der Waals surface area contributed by atoms with Crippen LogP contribution in [0.4, 0.5) is 0 Å². The van der Waals surface area contributed by atoms with E-state index in [-0.39, 0.29) is 5.91 Å². The number of ether oxygens (including phenoxy) is 1. The maximum absolute atomic E-state index is 12.8. The second kappa shape index (κ2) is 8.16. The van der Waals surface area contributed by atoms with E-state index in [0.29, 0.717) is 30.4 Å². The summed E-state index contributed by atoms with van der Waals surface area (Å²) in [5, 5.41) is 12.8. The minimum absolute atomic E-state index is 0.0522. The van der Waals surface area contributed by atoms with Crippen molar-refractivity contribution in [1.29, 1.82) is 0 Å². The van der Waals surface area contributed by atoms with Crippen LogP contribution in [0.2, 0.25) is 0 Å². The number of likely N-dealkylation sites (tertiary alicyclic amines) is 1. The van der Waals surface area contributed by atoms with E-state index in [4.69, 9.17) is 4.74 Å². The van der Waals surface area contributed by atoms with Crippen molar-refractivity contribution in [2.24, 2.45) is 5.92 Å². The van der Waals surface area contributed by atoms with Crippen LogP contribution in [0.1, 0.15) is 23.2 Å². The number of rotatable bonds is 5. The fourth-order valence-corrected chi connectivity index (χ4v) is 3.48. The van der Waals surface area contributed by atoms with Gasteiger partial charge in [-0.05, 0) is 60.4 Å². The van der Waals surface area contributed by atoms with Crippen LogP contribution in [0.3, 0.4) is 0 Å². The van der Waals surface area contributed by atoms with E-state index in [9.17, 15) is 4.79 Å². The molecule has 0 bridgehead atoms. The van der Waals surface area contributed by atoms with Crippen molar-refractivity contribution in [2.75, 3.05) is 20.2 Å². The van der Waals surface area contributed by atoms with Gasteiger partial charge in [0.15, 0.2) is 0 Å². The van der Waals surface area contributed by atoms with E-state index in [2.05, 4.69) is 20.4 Å². The zero-order valence-corrected chi connectivity index (χ0v) is 15.7. The summed E-state index contributed by atoms with van der Waals surface area (Å²) in [7, 11) is 1.62. The summed E-state index contributed by atoms with van der Waals surface area (Å²) in [6.07, 6.45) is 5.43. The van der Waals surface area contributed by atoms with Gasteiger partial charge in [-0.1, -0.05) is 0 Å². The third kappa shape index (κ3) is 4.00. The number of hydrogen-bond acceptors (Lipinski definition) is 6. The van der Waals surface area contributed by atoms with E-state index >= 15 is 0 Å². The Labute approximate surface area is 163 Å². The third-order valence-corrected chi connectivity index (χ3v) is 4.96. The van der Waals surface area contributed by atoms with Crippen LogP contribution in [-0.4, -0.2) is 56.2 Å². The number of tetrazole rings is 1. The predicted octanol–water partition coefficient (Wildman–Crippen LogP) is 2.30. The van der Waals surface area contributed by atoms with Crippen molar-refractivity contribution in [3.05, 3.63) is 54.4 Å². The zero-order valence-electron chi connectivity index (χ0n) is 15.7. The van der Waals surface area contributed by atoms with Gasteiger partial charge in [-0.15, -0.1) is 10.2 Å². The van der Waals surface area contributed by atoms with Crippen molar-refractivity contribution < 1.29 is 9.53 Å². The molecule has 1 aliphatic rings. The highest BCUT2D eigenvalue weighted by atomic mass is 16.5. The number of carbonyl (C=O) groups excluding carboxylic acids is 1. The molecule has 1 saturated heterocycles. The Morgan fingerprint density at radius 1 is 1.18 bits per heavy atom. The number of piperidine rings is 1. The van der Waals surface area contributed by atoms with Crippen molar-refractivity contribution in [3.63, 3.8) is 0 Å². The first-order chi connectivity index (χ1) is 13.7. The number of nitrogens with zero attached hydrogens (tertiary/aromatic N) is 6. The molecule has 0 saturated carbocycles. The zero-order chi connectivity index (χ0) is 19.3. The molecule has 1 atom stereocenters. The van der Waals surface area contributed by atoms with Gasteiger partial charge in [-0.2, -0.15) is 4.80 Å². The average molecular weight is 378 g/mol. The molecule has 1 aliphatic heterocycles. The topological polar surface area (TPSA) is 86.0 Å². The molecule has 0 radical (unpaired) electrons. The molecule has 8 heteroatoms. The van der Waals surface area contributed by atoms with Crippen LogP contribution in [0, 0.1) is 5.92 Å². The number of pyridine rings is 1. The van der Waals surface area contributed by atoms with E-state index < -0.39 is 0 Å². The van der Waals surface area contributed by atoms with Gasteiger partial charge in [0.1, 0.15) is 5.75 Å². The Hall–Kier alpha value is -3.29. The molecule has 8 nitrogen and oxygen atoms in total. The predicted molar refractivity (Wildman–Crippen MR) is 103 cm³/mol. The Bertz CT molecular complexity index is 925. The monoisotopic (exact) mass is 378 g/mol. The lowest BCUT2D eigenvalue weighted by Gasteiger charge is -2.32.